The summed E-state index contributed by atoms with van der Waals surface area (Å²) in [6.07, 6.45) is 0. The van der Waals surface area contributed by atoms with Gasteiger partial charge in [0.1, 0.15) is 0 Å². The van der Waals surface area contributed by atoms with Crippen LogP contribution in [0, 0.1) is 6.92 Å². The molecule has 0 unspecified atom stereocenters. The Morgan fingerprint density at radius 3 is 3.09 bits per heavy atom. The minimum absolute atomic E-state index is 0.0556. The van der Waals surface area contributed by atoms with Gasteiger partial charge in [-0.3, -0.25) is 4.79 Å². The van der Waals surface area contributed by atoms with Crippen molar-refractivity contribution in [3.05, 3.63) is 34.9 Å². The topological polar surface area (TPSA) is 29.1 Å². The van der Waals surface area contributed by atoms with Gasteiger partial charge in [0.2, 0.25) is 0 Å². The fraction of sp³-hybridized carbons (Fsp3) is 0.222. The third-order valence-corrected chi connectivity index (χ3v) is 1.94. The van der Waals surface area contributed by atoms with Crippen LogP contribution in [0.15, 0.2) is 18.2 Å². The standard InChI is InChI=1S/C9H9NO/c1-6-2-3-8-7(4-6)5-10-9(8)11/h2-4H,5H2,1H3,(H,10,11). The van der Waals surface area contributed by atoms with E-state index >= 15 is 0 Å². The quantitative estimate of drug-likeness (QED) is 0.587. The van der Waals surface area contributed by atoms with E-state index in [1.165, 1.54) is 5.56 Å². The van der Waals surface area contributed by atoms with E-state index in [4.69, 9.17) is 0 Å². The predicted molar refractivity (Wildman–Crippen MR) is 42.3 cm³/mol. The van der Waals surface area contributed by atoms with Crippen LogP contribution < -0.4 is 5.32 Å². The third-order valence-electron chi connectivity index (χ3n) is 1.94. The Kier molecular flexibility index (Phi) is 1.22. The summed E-state index contributed by atoms with van der Waals surface area (Å²) >= 11 is 0. The normalized spacial score (nSPS) is 14.5. The first-order valence-electron chi connectivity index (χ1n) is 3.65. The zero-order valence-corrected chi connectivity index (χ0v) is 6.35. The molecule has 0 bridgehead atoms. The summed E-state index contributed by atoms with van der Waals surface area (Å²) in [6, 6.07) is 5.89. The molecule has 0 radical (unpaired) electrons. The summed E-state index contributed by atoms with van der Waals surface area (Å²) in [6.45, 7) is 2.72. The van der Waals surface area contributed by atoms with Crippen molar-refractivity contribution in [3.8, 4) is 0 Å². The predicted octanol–water partition coefficient (Wildman–Crippen LogP) is 1.24. The van der Waals surface area contributed by atoms with Gasteiger partial charge in [-0.2, -0.15) is 0 Å². The molecule has 0 saturated heterocycles. The molecule has 0 saturated carbocycles. The van der Waals surface area contributed by atoms with Crippen LogP contribution in [-0.4, -0.2) is 5.91 Å². The Morgan fingerprint density at radius 1 is 1.45 bits per heavy atom. The van der Waals surface area contributed by atoms with Crippen molar-refractivity contribution in [1.29, 1.82) is 0 Å². The molecule has 1 aliphatic heterocycles. The maximum absolute atomic E-state index is 11.1. The zero-order valence-electron chi connectivity index (χ0n) is 6.35. The Bertz CT molecular complexity index is 317. The highest BCUT2D eigenvalue weighted by Crippen LogP contribution is 2.16. The SMILES string of the molecule is Cc1ccc2c(c1)CNC2=O. The fourth-order valence-corrected chi connectivity index (χ4v) is 1.36. The lowest BCUT2D eigenvalue weighted by molar-refractivity contribution is 0.0966. The average molecular weight is 147 g/mol. The molecule has 2 nitrogen and oxygen atoms in total. The molecule has 1 aliphatic rings. The van der Waals surface area contributed by atoms with Gasteiger partial charge in [0.25, 0.3) is 5.91 Å². The maximum atomic E-state index is 11.1. The number of carbonyl (C=O) groups excluding carboxylic acids is 1. The molecule has 11 heavy (non-hydrogen) atoms. The molecule has 1 amide bonds. The van der Waals surface area contributed by atoms with Crippen molar-refractivity contribution in [3.63, 3.8) is 0 Å². The Morgan fingerprint density at radius 2 is 2.27 bits per heavy atom. The summed E-state index contributed by atoms with van der Waals surface area (Å²) < 4.78 is 0. The molecular weight excluding hydrogens is 138 g/mol. The molecular formula is C9H9NO. The molecule has 0 aliphatic carbocycles. The van der Waals surface area contributed by atoms with Crippen LogP contribution in [0.4, 0.5) is 0 Å². The lowest BCUT2D eigenvalue weighted by Gasteiger charge is -1.95. The summed E-state index contributed by atoms with van der Waals surface area (Å²) in [5, 5.41) is 2.77. The number of fused-ring (bicyclic) bond motifs is 1. The average Bonchev–Trinajstić information content (AvgIpc) is 2.32. The zero-order chi connectivity index (χ0) is 7.84. The number of rotatable bonds is 0. The Labute approximate surface area is 65.2 Å². The molecule has 1 aromatic rings. The summed E-state index contributed by atoms with van der Waals surface area (Å²) in [7, 11) is 0. The summed E-state index contributed by atoms with van der Waals surface area (Å²) in [5.41, 5.74) is 3.16. The van der Waals surface area contributed by atoms with Gasteiger partial charge < -0.3 is 5.32 Å². The van der Waals surface area contributed by atoms with Gasteiger partial charge in [0.05, 0.1) is 0 Å². The van der Waals surface area contributed by atoms with E-state index in [0.29, 0.717) is 6.54 Å². The van der Waals surface area contributed by atoms with Gasteiger partial charge in [-0.05, 0) is 18.6 Å². The highest BCUT2D eigenvalue weighted by Gasteiger charge is 2.17. The minimum Gasteiger partial charge on any atom is -0.348 e. The van der Waals surface area contributed by atoms with E-state index in [0.717, 1.165) is 11.1 Å². The van der Waals surface area contributed by atoms with E-state index in [1.54, 1.807) is 0 Å². The smallest absolute Gasteiger partial charge is 0.251 e. The maximum Gasteiger partial charge on any atom is 0.251 e. The third kappa shape index (κ3) is 0.909. The molecule has 0 spiro atoms. The van der Waals surface area contributed by atoms with Crippen molar-refractivity contribution in [1.82, 2.24) is 5.32 Å². The second-order valence-electron chi connectivity index (χ2n) is 2.84. The van der Waals surface area contributed by atoms with E-state index in [-0.39, 0.29) is 5.91 Å². The molecule has 1 N–H and O–H groups in total. The second-order valence-corrected chi connectivity index (χ2v) is 2.84. The van der Waals surface area contributed by atoms with Crippen LogP contribution in [0.1, 0.15) is 21.5 Å². The van der Waals surface area contributed by atoms with Crippen molar-refractivity contribution in [2.75, 3.05) is 0 Å². The number of nitrogens with one attached hydrogen (secondary N) is 1. The van der Waals surface area contributed by atoms with Crippen LogP contribution in [0.5, 0.6) is 0 Å². The number of hydrogen-bond donors (Lipinski definition) is 1. The van der Waals surface area contributed by atoms with Crippen LogP contribution in [0.3, 0.4) is 0 Å². The monoisotopic (exact) mass is 147 g/mol. The molecule has 56 valence electrons. The highest BCUT2D eigenvalue weighted by molar-refractivity contribution is 5.98. The first kappa shape index (κ1) is 6.40. The number of hydrogen-bond acceptors (Lipinski definition) is 1. The van der Waals surface area contributed by atoms with Crippen LogP contribution in [0.25, 0.3) is 0 Å². The van der Waals surface area contributed by atoms with Crippen molar-refractivity contribution in [2.24, 2.45) is 0 Å². The lowest BCUT2D eigenvalue weighted by atomic mass is 10.1. The van der Waals surface area contributed by atoms with Crippen LogP contribution >= 0.6 is 0 Å². The number of aryl methyl sites for hydroxylation is 1. The largest absolute Gasteiger partial charge is 0.348 e. The van der Waals surface area contributed by atoms with Gasteiger partial charge in [0, 0.05) is 12.1 Å². The van der Waals surface area contributed by atoms with E-state index in [1.807, 2.05) is 25.1 Å². The first-order chi connectivity index (χ1) is 5.27. The van der Waals surface area contributed by atoms with Gasteiger partial charge >= 0.3 is 0 Å². The van der Waals surface area contributed by atoms with Crippen molar-refractivity contribution < 1.29 is 4.79 Å². The first-order valence-corrected chi connectivity index (χ1v) is 3.65. The minimum atomic E-state index is 0.0556. The summed E-state index contributed by atoms with van der Waals surface area (Å²) in [5.74, 6) is 0.0556. The Balaban J connectivity index is 2.59. The van der Waals surface area contributed by atoms with Crippen LogP contribution in [-0.2, 0) is 6.54 Å². The van der Waals surface area contributed by atoms with Crippen molar-refractivity contribution in [2.45, 2.75) is 13.5 Å². The van der Waals surface area contributed by atoms with Gasteiger partial charge in [-0.25, -0.2) is 0 Å². The van der Waals surface area contributed by atoms with Crippen molar-refractivity contribution >= 4 is 5.91 Å². The molecule has 0 atom stereocenters. The lowest BCUT2D eigenvalue weighted by Crippen LogP contribution is -2.12. The van der Waals surface area contributed by atoms with Crippen LogP contribution in [0.2, 0.25) is 0 Å². The Hall–Kier alpha value is -1.31. The number of amides is 1. The van der Waals surface area contributed by atoms with Gasteiger partial charge in [-0.1, -0.05) is 17.7 Å². The van der Waals surface area contributed by atoms with Gasteiger partial charge in [-0.15, -0.1) is 0 Å². The van der Waals surface area contributed by atoms with E-state index in [2.05, 4.69) is 5.32 Å². The molecule has 2 heteroatoms. The fourth-order valence-electron chi connectivity index (χ4n) is 1.36. The van der Waals surface area contributed by atoms with Gasteiger partial charge in [0.15, 0.2) is 0 Å². The van der Waals surface area contributed by atoms with E-state index in [9.17, 15) is 4.79 Å². The highest BCUT2D eigenvalue weighted by atomic mass is 16.1. The molecule has 2 rings (SSSR count). The molecule has 1 heterocycles. The second kappa shape index (κ2) is 2.09. The number of benzene rings is 1. The summed E-state index contributed by atoms with van der Waals surface area (Å²) in [4.78, 5) is 11.1. The molecule has 0 fully saturated rings. The molecule has 1 aromatic carbocycles. The molecule has 0 aromatic heterocycles. The number of carbonyl (C=O) groups is 1. The van der Waals surface area contributed by atoms with E-state index < -0.39 is 0 Å².